The predicted molar refractivity (Wildman–Crippen MR) is 79.9 cm³/mol. The van der Waals surface area contributed by atoms with Crippen molar-refractivity contribution < 1.29 is 9.53 Å². The van der Waals surface area contributed by atoms with Crippen molar-refractivity contribution in [1.82, 2.24) is 4.90 Å². The Kier molecular flexibility index (Phi) is 5.01. The number of carbonyl (C=O) groups excluding carboxylic acids is 1. The summed E-state index contributed by atoms with van der Waals surface area (Å²) in [4.78, 5) is 14.7. The number of likely N-dealkylation sites (tertiary alicyclic amines) is 1. The van der Waals surface area contributed by atoms with Gasteiger partial charge in [-0.3, -0.25) is 4.79 Å². The van der Waals surface area contributed by atoms with Crippen LogP contribution in [0.3, 0.4) is 0 Å². The SMILES string of the molecule is CCOc1ccccc1C(=O)N1CCC(C)CC1CN. The molecule has 1 saturated heterocycles. The second-order valence-corrected chi connectivity index (χ2v) is 5.45. The largest absolute Gasteiger partial charge is 0.493 e. The van der Waals surface area contributed by atoms with Crippen molar-refractivity contribution in [3.63, 3.8) is 0 Å². The van der Waals surface area contributed by atoms with Crippen LogP contribution in [0.4, 0.5) is 0 Å². The third-order valence-corrected chi connectivity index (χ3v) is 3.93. The number of piperidine rings is 1. The van der Waals surface area contributed by atoms with Gasteiger partial charge < -0.3 is 15.4 Å². The minimum absolute atomic E-state index is 0.0383. The molecule has 0 radical (unpaired) electrons. The van der Waals surface area contributed by atoms with Crippen LogP contribution in [-0.4, -0.2) is 36.5 Å². The van der Waals surface area contributed by atoms with Crippen molar-refractivity contribution in [2.75, 3.05) is 19.7 Å². The summed E-state index contributed by atoms with van der Waals surface area (Å²) in [7, 11) is 0. The highest BCUT2D eigenvalue weighted by Gasteiger charge is 2.30. The highest BCUT2D eigenvalue weighted by Crippen LogP contribution is 2.26. The third kappa shape index (κ3) is 3.12. The van der Waals surface area contributed by atoms with Gasteiger partial charge in [0.15, 0.2) is 0 Å². The van der Waals surface area contributed by atoms with Gasteiger partial charge in [-0.15, -0.1) is 0 Å². The van der Waals surface area contributed by atoms with E-state index in [1.807, 2.05) is 36.1 Å². The number of para-hydroxylation sites is 1. The fraction of sp³-hybridized carbons (Fsp3) is 0.562. The Morgan fingerprint density at radius 1 is 1.45 bits per heavy atom. The zero-order valence-electron chi connectivity index (χ0n) is 12.3. The number of rotatable bonds is 4. The maximum Gasteiger partial charge on any atom is 0.257 e. The maximum atomic E-state index is 12.8. The van der Waals surface area contributed by atoms with Gasteiger partial charge in [0.25, 0.3) is 5.91 Å². The van der Waals surface area contributed by atoms with Crippen LogP contribution in [0.5, 0.6) is 5.75 Å². The Bertz CT molecular complexity index is 462. The van der Waals surface area contributed by atoms with E-state index in [1.165, 1.54) is 0 Å². The third-order valence-electron chi connectivity index (χ3n) is 3.93. The molecule has 1 fully saturated rings. The van der Waals surface area contributed by atoms with Crippen LogP contribution in [0.25, 0.3) is 0 Å². The molecule has 0 aliphatic carbocycles. The summed E-state index contributed by atoms with van der Waals surface area (Å²) in [5, 5.41) is 0. The molecule has 2 rings (SSSR count). The van der Waals surface area contributed by atoms with Crippen molar-refractivity contribution >= 4 is 5.91 Å². The zero-order valence-corrected chi connectivity index (χ0v) is 12.3. The van der Waals surface area contributed by atoms with Gasteiger partial charge in [-0.25, -0.2) is 0 Å². The molecule has 1 aromatic rings. The van der Waals surface area contributed by atoms with Crippen molar-refractivity contribution in [2.45, 2.75) is 32.7 Å². The summed E-state index contributed by atoms with van der Waals surface area (Å²) in [6.07, 6.45) is 2.03. The quantitative estimate of drug-likeness (QED) is 0.918. The van der Waals surface area contributed by atoms with Gasteiger partial charge >= 0.3 is 0 Å². The zero-order chi connectivity index (χ0) is 14.5. The summed E-state index contributed by atoms with van der Waals surface area (Å²) in [5.41, 5.74) is 6.48. The summed E-state index contributed by atoms with van der Waals surface area (Å²) < 4.78 is 5.56. The number of nitrogens with zero attached hydrogens (tertiary/aromatic N) is 1. The van der Waals surface area contributed by atoms with Crippen LogP contribution in [0.2, 0.25) is 0 Å². The lowest BCUT2D eigenvalue weighted by Crippen LogP contribution is -2.49. The van der Waals surface area contributed by atoms with Gasteiger partial charge in [-0.2, -0.15) is 0 Å². The molecule has 1 aliphatic rings. The number of benzene rings is 1. The van der Waals surface area contributed by atoms with Crippen LogP contribution >= 0.6 is 0 Å². The van der Waals surface area contributed by atoms with Gasteiger partial charge in [0.1, 0.15) is 5.75 Å². The number of amides is 1. The monoisotopic (exact) mass is 276 g/mol. The fourth-order valence-corrected chi connectivity index (χ4v) is 2.82. The molecular formula is C16H24N2O2. The minimum atomic E-state index is 0.0383. The summed E-state index contributed by atoms with van der Waals surface area (Å²) in [5.74, 6) is 1.33. The standard InChI is InChI=1S/C16H24N2O2/c1-3-20-15-7-5-4-6-14(15)16(19)18-9-8-12(2)10-13(18)11-17/h4-7,12-13H,3,8-11,17H2,1-2H3. The summed E-state index contributed by atoms with van der Waals surface area (Å²) >= 11 is 0. The molecule has 2 unspecified atom stereocenters. The lowest BCUT2D eigenvalue weighted by molar-refractivity contribution is 0.0569. The van der Waals surface area contributed by atoms with Gasteiger partial charge in [0.05, 0.1) is 12.2 Å². The van der Waals surface area contributed by atoms with E-state index in [0.717, 1.165) is 19.4 Å². The van der Waals surface area contributed by atoms with E-state index in [1.54, 1.807) is 0 Å². The lowest BCUT2D eigenvalue weighted by atomic mass is 9.92. The van der Waals surface area contributed by atoms with Gasteiger partial charge in [-0.1, -0.05) is 19.1 Å². The van der Waals surface area contributed by atoms with E-state index in [0.29, 0.717) is 30.4 Å². The molecule has 4 heteroatoms. The van der Waals surface area contributed by atoms with E-state index in [-0.39, 0.29) is 11.9 Å². The van der Waals surface area contributed by atoms with E-state index < -0.39 is 0 Å². The predicted octanol–water partition coefficient (Wildman–Crippen LogP) is 2.28. The molecule has 0 spiro atoms. The molecule has 0 saturated carbocycles. The van der Waals surface area contributed by atoms with Crippen LogP contribution in [0, 0.1) is 5.92 Å². The van der Waals surface area contributed by atoms with E-state index >= 15 is 0 Å². The Hall–Kier alpha value is -1.55. The van der Waals surface area contributed by atoms with Crippen LogP contribution in [0.15, 0.2) is 24.3 Å². The smallest absolute Gasteiger partial charge is 0.257 e. The first-order chi connectivity index (χ1) is 9.67. The highest BCUT2D eigenvalue weighted by molar-refractivity contribution is 5.97. The number of hydrogen-bond donors (Lipinski definition) is 1. The van der Waals surface area contributed by atoms with Crippen molar-refractivity contribution in [2.24, 2.45) is 11.7 Å². The molecule has 0 aromatic heterocycles. The molecule has 1 aromatic carbocycles. The second-order valence-electron chi connectivity index (χ2n) is 5.45. The second kappa shape index (κ2) is 6.75. The van der Waals surface area contributed by atoms with Gasteiger partial charge in [0, 0.05) is 19.1 Å². The Labute approximate surface area is 120 Å². The molecule has 1 heterocycles. The average molecular weight is 276 g/mol. The van der Waals surface area contributed by atoms with Crippen LogP contribution in [0.1, 0.15) is 37.0 Å². The van der Waals surface area contributed by atoms with Crippen molar-refractivity contribution in [3.8, 4) is 5.75 Å². The topological polar surface area (TPSA) is 55.6 Å². The molecule has 2 atom stereocenters. The number of ether oxygens (including phenoxy) is 1. The first kappa shape index (κ1) is 14.9. The van der Waals surface area contributed by atoms with Crippen LogP contribution < -0.4 is 10.5 Å². The summed E-state index contributed by atoms with van der Waals surface area (Å²) in [6.45, 7) is 6.00. The Morgan fingerprint density at radius 2 is 2.20 bits per heavy atom. The first-order valence-electron chi connectivity index (χ1n) is 7.40. The van der Waals surface area contributed by atoms with Crippen molar-refractivity contribution in [1.29, 1.82) is 0 Å². The number of carbonyl (C=O) groups is 1. The Balaban J connectivity index is 2.22. The average Bonchev–Trinajstić information content (AvgIpc) is 2.47. The summed E-state index contributed by atoms with van der Waals surface area (Å²) in [6, 6.07) is 7.58. The van der Waals surface area contributed by atoms with Crippen molar-refractivity contribution in [3.05, 3.63) is 29.8 Å². The molecule has 20 heavy (non-hydrogen) atoms. The molecule has 4 nitrogen and oxygen atoms in total. The Morgan fingerprint density at radius 3 is 2.90 bits per heavy atom. The van der Waals surface area contributed by atoms with E-state index in [4.69, 9.17) is 10.5 Å². The van der Waals surface area contributed by atoms with Gasteiger partial charge in [0.2, 0.25) is 0 Å². The minimum Gasteiger partial charge on any atom is -0.493 e. The molecule has 1 amide bonds. The molecule has 2 N–H and O–H groups in total. The maximum absolute atomic E-state index is 12.8. The lowest BCUT2D eigenvalue weighted by Gasteiger charge is -2.38. The normalized spacial score (nSPS) is 22.6. The fourth-order valence-electron chi connectivity index (χ4n) is 2.82. The molecule has 0 bridgehead atoms. The van der Waals surface area contributed by atoms with E-state index in [2.05, 4.69) is 6.92 Å². The van der Waals surface area contributed by atoms with Crippen LogP contribution in [-0.2, 0) is 0 Å². The molecule has 110 valence electrons. The number of hydrogen-bond acceptors (Lipinski definition) is 3. The van der Waals surface area contributed by atoms with Gasteiger partial charge in [-0.05, 0) is 37.8 Å². The molecule has 1 aliphatic heterocycles. The first-order valence-corrected chi connectivity index (χ1v) is 7.40. The number of nitrogens with two attached hydrogens (primary N) is 1. The van der Waals surface area contributed by atoms with E-state index in [9.17, 15) is 4.79 Å². The highest BCUT2D eigenvalue weighted by atomic mass is 16.5. The molecular weight excluding hydrogens is 252 g/mol.